The molecule has 0 aliphatic carbocycles. The van der Waals surface area contributed by atoms with Crippen LogP contribution in [0.25, 0.3) is 0 Å². The molecule has 0 heterocycles. The van der Waals surface area contributed by atoms with Crippen molar-refractivity contribution in [3.63, 3.8) is 0 Å². The first kappa shape index (κ1) is 16.5. The molecule has 0 aromatic heterocycles. The molecule has 3 heteroatoms. The zero-order chi connectivity index (χ0) is 14.3. The fraction of sp³-hybridized carbons (Fsp3) is 0.625. The first-order valence-electron chi connectivity index (χ1n) is 7.14. The summed E-state index contributed by atoms with van der Waals surface area (Å²) in [7, 11) is 2.17. The molecule has 0 aliphatic rings. The average Bonchev–Trinajstić information content (AvgIpc) is 2.36. The maximum atomic E-state index is 5.90. The summed E-state index contributed by atoms with van der Waals surface area (Å²) in [5, 5.41) is 4.33. The van der Waals surface area contributed by atoms with Gasteiger partial charge < -0.3 is 5.32 Å². The van der Waals surface area contributed by atoms with Crippen molar-refractivity contribution in [1.82, 2.24) is 10.2 Å². The van der Waals surface area contributed by atoms with Crippen LogP contribution in [-0.2, 0) is 6.54 Å². The van der Waals surface area contributed by atoms with E-state index in [9.17, 15) is 0 Å². The molecule has 1 aromatic carbocycles. The van der Waals surface area contributed by atoms with Gasteiger partial charge in [-0.3, -0.25) is 4.90 Å². The first-order chi connectivity index (χ1) is 8.99. The average molecular weight is 283 g/mol. The van der Waals surface area contributed by atoms with Gasteiger partial charge in [0.05, 0.1) is 0 Å². The minimum atomic E-state index is 0.530. The van der Waals surface area contributed by atoms with Crippen molar-refractivity contribution in [2.24, 2.45) is 5.92 Å². The van der Waals surface area contributed by atoms with E-state index < -0.39 is 0 Å². The maximum Gasteiger partial charge on any atom is 0.0406 e. The molecule has 1 unspecified atom stereocenters. The Morgan fingerprint density at radius 2 is 1.79 bits per heavy atom. The number of hydrogen-bond acceptors (Lipinski definition) is 2. The van der Waals surface area contributed by atoms with Gasteiger partial charge in [0.2, 0.25) is 0 Å². The molecule has 0 aliphatic heterocycles. The monoisotopic (exact) mass is 282 g/mol. The molecular weight excluding hydrogens is 256 g/mol. The summed E-state index contributed by atoms with van der Waals surface area (Å²) in [6, 6.07) is 8.63. The summed E-state index contributed by atoms with van der Waals surface area (Å²) in [6.07, 6.45) is 1.24. The van der Waals surface area contributed by atoms with Crippen molar-refractivity contribution >= 4 is 11.6 Å². The molecule has 1 N–H and O–H groups in total. The zero-order valence-electron chi connectivity index (χ0n) is 12.6. The molecule has 1 atom stereocenters. The smallest absolute Gasteiger partial charge is 0.0406 e. The quantitative estimate of drug-likeness (QED) is 0.730. The third kappa shape index (κ3) is 6.95. The standard InChI is InChI=1S/C16H27ClN2/c1-13(2)9-10-18-11-14(3)19(4)12-15-5-7-16(17)8-6-15/h5-8,13-14,18H,9-12H2,1-4H3. The van der Waals surface area contributed by atoms with Crippen LogP contribution < -0.4 is 5.32 Å². The van der Waals surface area contributed by atoms with Crippen molar-refractivity contribution in [3.05, 3.63) is 34.9 Å². The number of hydrogen-bond donors (Lipinski definition) is 1. The largest absolute Gasteiger partial charge is 0.315 e. The van der Waals surface area contributed by atoms with E-state index in [0.29, 0.717) is 6.04 Å². The molecule has 0 bridgehead atoms. The predicted molar refractivity (Wildman–Crippen MR) is 84.7 cm³/mol. The van der Waals surface area contributed by atoms with E-state index in [-0.39, 0.29) is 0 Å². The molecule has 0 fully saturated rings. The first-order valence-corrected chi connectivity index (χ1v) is 7.52. The van der Waals surface area contributed by atoms with Gasteiger partial charge in [-0.05, 0) is 50.6 Å². The lowest BCUT2D eigenvalue weighted by molar-refractivity contribution is 0.242. The van der Waals surface area contributed by atoms with Crippen LogP contribution >= 0.6 is 11.6 Å². The van der Waals surface area contributed by atoms with E-state index in [2.05, 4.69) is 50.2 Å². The molecular formula is C16H27ClN2. The Kier molecular flexibility index (Phi) is 7.44. The lowest BCUT2D eigenvalue weighted by Gasteiger charge is -2.25. The van der Waals surface area contributed by atoms with E-state index in [1.54, 1.807) is 0 Å². The highest BCUT2D eigenvalue weighted by molar-refractivity contribution is 6.30. The van der Waals surface area contributed by atoms with Gasteiger partial charge in [0, 0.05) is 24.2 Å². The molecule has 0 saturated heterocycles. The van der Waals surface area contributed by atoms with Crippen LogP contribution in [0.1, 0.15) is 32.8 Å². The van der Waals surface area contributed by atoms with Crippen LogP contribution in [-0.4, -0.2) is 31.1 Å². The normalized spacial score (nSPS) is 13.2. The van der Waals surface area contributed by atoms with Crippen LogP contribution in [0.2, 0.25) is 5.02 Å². The summed E-state index contributed by atoms with van der Waals surface area (Å²) in [5.41, 5.74) is 1.31. The highest BCUT2D eigenvalue weighted by Gasteiger charge is 2.09. The summed E-state index contributed by atoms with van der Waals surface area (Å²) in [4.78, 5) is 2.37. The predicted octanol–water partition coefficient (Wildman–Crippen LogP) is 3.80. The Morgan fingerprint density at radius 1 is 1.16 bits per heavy atom. The molecule has 0 spiro atoms. The second-order valence-electron chi connectivity index (χ2n) is 5.78. The molecule has 0 amide bonds. The van der Waals surface area contributed by atoms with Gasteiger partial charge in [0.15, 0.2) is 0 Å². The van der Waals surface area contributed by atoms with Gasteiger partial charge in [-0.15, -0.1) is 0 Å². The Hall–Kier alpha value is -0.570. The van der Waals surface area contributed by atoms with E-state index >= 15 is 0 Å². The van der Waals surface area contributed by atoms with Gasteiger partial charge >= 0.3 is 0 Å². The fourth-order valence-corrected chi connectivity index (χ4v) is 2.02. The topological polar surface area (TPSA) is 15.3 Å². The van der Waals surface area contributed by atoms with Gasteiger partial charge in [-0.2, -0.15) is 0 Å². The van der Waals surface area contributed by atoms with Gasteiger partial charge in [0.25, 0.3) is 0 Å². The van der Waals surface area contributed by atoms with E-state index in [1.165, 1.54) is 12.0 Å². The number of likely N-dealkylation sites (N-methyl/N-ethyl adjacent to an activating group) is 1. The molecule has 0 saturated carbocycles. The fourth-order valence-electron chi connectivity index (χ4n) is 1.89. The second-order valence-corrected chi connectivity index (χ2v) is 6.21. The van der Waals surface area contributed by atoms with Gasteiger partial charge in [-0.25, -0.2) is 0 Å². The van der Waals surface area contributed by atoms with E-state index in [0.717, 1.165) is 30.6 Å². The lowest BCUT2D eigenvalue weighted by atomic mass is 10.1. The summed E-state index contributed by atoms with van der Waals surface area (Å²) in [5.74, 6) is 0.773. The summed E-state index contributed by atoms with van der Waals surface area (Å²) < 4.78 is 0. The van der Waals surface area contributed by atoms with Gasteiger partial charge in [0.1, 0.15) is 0 Å². The third-order valence-electron chi connectivity index (χ3n) is 3.44. The molecule has 2 nitrogen and oxygen atoms in total. The SMILES string of the molecule is CC(C)CCNCC(C)N(C)Cc1ccc(Cl)cc1. The molecule has 0 radical (unpaired) electrons. The number of nitrogens with zero attached hydrogens (tertiary/aromatic N) is 1. The van der Waals surface area contributed by atoms with Crippen LogP contribution in [0.4, 0.5) is 0 Å². The second kappa shape index (κ2) is 8.57. The van der Waals surface area contributed by atoms with Crippen LogP contribution in [0, 0.1) is 5.92 Å². The molecule has 108 valence electrons. The van der Waals surface area contributed by atoms with Crippen molar-refractivity contribution < 1.29 is 0 Å². The molecule has 19 heavy (non-hydrogen) atoms. The Morgan fingerprint density at radius 3 is 2.37 bits per heavy atom. The Balaban J connectivity index is 2.28. The van der Waals surface area contributed by atoms with Crippen LogP contribution in [0.3, 0.4) is 0 Å². The van der Waals surface area contributed by atoms with Crippen LogP contribution in [0.5, 0.6) is 0 Å². The van der Waals surface area contributed by atoms with Crippen molar-refractivity contribution in [2.75, 3.05) is 20.1 Å². The van der Waals surface area contributed by atoms with Crippen LogP contribution in [0.15, 0.2) is 24.3 Å². The zero-order valence-corrected chi connectivity index (χ0v) is 13.4. The third-order valence-corrected chi connectivity index (χ3v) is 3.69. The van der Waals surface area contributed by atoms with Crippen molar-refractivity contribution in [1.29, 1.82) is 0 Å². The number of nitrogens with one attached hydrogen (secondary N) is 1. The Bertz CT molecular complexity index is 348. The van der Waals surface area contributed by atoms with Gasteiger partial charge in [-0.1, -0.05) is 37.6 Å². The highest BCUT2D eigenvalue weighted by atomic mass is 35.5. The number of benzene rings is 1. The molecule has 1 aromatic rings. The van der Waals surface area contributed by atoms with E-state index in [1.807, 2.05) is 12.1 Å². The lowest BCUT2D eigenvalue weighted by Crippen LogP contribution is -2.38. The summed E-state index contributed by atoms with van der Waals surface area (Å²) >= 11 is 5.90. The maximum absolute atomic E-state index is 5.90. The Labute approximate surface area is 123 Å². The van der Waals surface area contributed by atoms with E-state index in [4.69, 9.17) is 11.6 Å². The minimum Gasteiger partial charge on any atom is -0.315 e. The van der Waals surface area contributed by atoms with Crippen molar-refractivity contribution in [3.8, 4) is 0 Å². The van der Waals surface area contributed by atoms with Crippen molar-refractivity contribution in [2.45, 2.75) is 39.8 Å². The number of rotatable bonds is 8. The minimum absolute atomic E-state index is 0.530. The summed E-state index contributed by atoms with van der Waals surface area (Å²) in [6.45, 7) is 9.89. The number of halogens is 1. The molecule has 1 rings (SSSR count). The highest BCUT2D eigenvalue weighted by Crippen LogP contribution is 2.11.